The van der Waals surface area contributed by atoms with E-state index in [0.29, 0.717) is 15.2 Å². The monoisotopic (exact) mass is 291 g/mol. The van der Waals surface area contributed by atoms with Crippen molar-refractivity contribution in [2.24, 2.45) is 0 Å². The van der Waals surface area contributed by atoms with Gasteiger partial charge in [-0.05, 0) is 38.5 Å². The second kappa shape index (κ2) is 4.42. The van der Waals surface area contributed by atoms with Gasteiger partial charge in [-0.1, -0.05) is 22.0 Å². The lowest BCUT2D eigenvalue weighted by Gasteiger charge is -2.23. The maximum Gasteiger partial charge on any atom is 0.254 e. The van der Waals surface area contributed by atoms with Crippen LogP contribution in [-0.4, -0.2) is 9.89 Å². The molecule has 0 atom stereocenters. The number of hydrazine groups is 2. The first-order valence-corrected chi connectivity index (χ1v) is 6.55. The van der Waals surface area contributed by atoms with Crippen molar-refractivity contribution in [2.45, 2.75) is 20.8 Å². The Morgan fingerprint density at radius 2 is 2.05 bits per heavy atom. The lowest BCUT2D eigenvalue weighted by Crippen LogP contribution is -2.59. The van der Waals surface area contributed by atoms with Crippen LogP contribution in [0, 0.1) is 26.0 Å². The summed E-state index contributed by atoms with van der Waals surface area (Å²) in [4.78, 5) is 2.33. The highest BCUT2D eigenvalue weighted by molar-refractivity contribution is 6.30. The van der Waals surface area contributed by atoms with Crippen molar-refractivity contribution in [3.63, 3.8) is 0 Å². The number of nitrogens with zero attached hydrogens (tertiary/aromatic N) is 4. The summed E-state index contributed by atoms with van der Waals surface area (Å²) < 4.78 is 0. The number of hydrogen-bond acceptors (Lipinski definition) is 4. The molecule has 3 rings (SSSR count). The number of halogens is 1. The van der Waals surface area contributed by atoms with E-state index < -0.39 is 0 Å². The van der Waals surface area contributed by atoms with Crippen molar-refractivity contribution in [1.29, 1.82) is 0 Å². The zero-order chi connectivity index (χ0) is 14.4. The third kappa shape index (κ3) is 1.89. The molecular formula is C13H14ClN5O. The van der Waals surface area contributed by atoms with E-state index in [9.17, 15) is 5.21 Å². The maximum absolute atomic E-state index is 12.1. The molecule has 6 nitrogen and oxygen atoms in total. The van der Waals surface area contributed by atoms with Crippen molar-refractivity contribution in [3.8, 4) is 0 Å². The minimum absolute atomic E-state index is 0.479. The molecule has 0 spiro atoms. The minimum atomic E-state index is 0.479. The van der Waals surface area contributed by atoms with Crippen molar-refractivity contribution >= 4 is 17.8 Å². The standard InChI is InChI=1S/C13H14ClN5O/c1-8-9(2)15-18(10(8)3)17-7-11-4-5-12(14)6-13(11)19(20)16-17/h4-7,16H,1-3H3. The summed E-state index contributed by atoms with van der Waals surface area (Å²) in [5, 5.41) is 19.8. The van der Waals surface area contributed by atoms with Crippen LogP contribution >= 0.6 is 11.6 Å². The van der Waals surface area contributed by atoms with E-state index in [2.05, 4.69) is 10.6 Å². The molecule has 20 heavy (non-hydrogen) atoms. The number of aromatic nitrogens is 2. The Labute approximate surface area is 120 Å². The molecule has 0 saturated heterocycles. The van der Waals surface area contributed by atoms with E-state index in [1.54, 1.807) is 34.3 Å². The lowest BCUT2D eigenvalue weighted by molar-refractivity contribution is 0.425. The smallest absolute Gasteiger partial charge is 0.254 e. The van der Waals surface area contributed by atoms with Crippen LogP contribution in [-0.2, 0) is 0 Å². The van der Waals surface area contributed by atoms with Gasteiger partial charge in [0.1, 0.15) is 0 Å². The number of fused-ring (bicyclic) bond motifs is 1. The summed E-state index contributed by atoms with van der Waals surface area (Å²) in [6.45, 7) is 5.89. The van der Waals surface area contributed by atoms with Gasteiger partial charge in [0, 0.05) is 11.1 Å². The quantitative estimate of drug-likeness (QED) is 0.605. The molecule has 0 fully saturated rings. The number of hydrogen-bond donors (Lipinski definition) is 1. The Bertz CT molecular complexity index is 811. The molecule has 104 valence electrons. The summed E-state index contributed by atoms with van der Waals surface area (Å²) in [5.74, 6) is 0. The van der Waals surface area contributed by atoms with Crippen LogP contribution in [0.5, 0.6) is 0 Å². The van der Waals surface area contributed by atoms with E-state index in [1.807, 2.05) is 20.8 Å². The normalized spacial score (nSPS) is 13.8. The van der Waals surface area contributed by atoms with Crippen molar-refractivity contribution in [1.82, 2.24) is 20.3 Å². The van der Waals surface area contributed by atoms with E-state index in [4.69, 9.17) is 11.6 Å². The van der Waals surface area contributed by atoms with Crippen LogP contribution in [0.15, 0.2) is 18.2 Å². The van der Waals surface area contributed by atoms with Gasteiger partial charge < -0.3 is 5.21 Å². The number of aryl methyl sites for hydroxylation is 1. The SMILES string of the molecule is Cc1nn(N2C=c3ccc(Cl)cc3=[N+]([O-])N2)c(C)c1C. The molecule has 0 bridgehead atoms. The summed E-state index contributed by atoms with van der Waals surface area (Å²) in [7, 11) is 0. The largest absolute Gasteiger partial charge is 0.594 e. The number of rotatable bonds is 1. The zero-order valence-corrected chi connectivity index (χ0v) is 12.1. The van der Waals surface area contributed by atoms with Gasteiger partial charge >= 0.3 is 0 Å². The molecule has 7 heteroatoms. The predicted octanol–water partition coefficient (Wildman–Crippen LogP) is 0.260. The summed E-state index contributed by atoms with van der Waals surface area (Å²) in [5.41, 5.74) is 5.69. The Kier molecular flexibility index (Phi) is 2.83. The van der Waals surface area contributed by atoms with Gasteiger partial charge in [0.25, 0.3) is 5.36 Å². The third-order valence-corrected chi connectivity index (χ3v) is 3.74. The molecule has 0 saturated carbocycles. The Balaban J connectivity index is 2.16. The summed E-state index contributed by atoms with van der Waals surface area (Å²) in [6.07, 6.45) is 1.80. The Morgan fingerprint density at radius 1 is 1.30 bits per heavy atom. The third-order valence-electron chi connectivity index (χ3n) is 3.50. The highest BCUT2D eigenvalue weighted by atomic mass is 35.5. The number of benzene rings is 1. The average Bonchev–Trinajstić information content (AvgIpc) is 2.67. The van der Waals surface area contributed by atoms with Gasteiger partial charge in [-0.2, -0.15) is 9.89 Å². The van der Waals surface area contributed by atoms with Gasteiger partial charge in [-0.3, -0.25) is 0 Å². The van der Waals surface area contributed by atoms with E-state index >= 15 is 0 Å². The molecule has 1 aliphatic rings. The first-order valence-electron chi connectivity index (χ1n) is 6.17. The van der Waals surface area contributed by atoms with E-state index in [1.165, 1.54) is 0 Å². The highest BCUT2D eigenvalue weighted by Crippen LogP contribution is 2.11. The van der Waals surface area contributed by atoms with Crippen LogP contribution in [0.25, 0.3) is 6.20 Å². The van der Waals surface area contributed by atoms with Crippen molar-refractivity contribution in [3.05, 3.63) is 56.0 Å². The van der Waals surface area contributed by atoms with Gasteiger partial charge in [0.05, 0.1) is 22.8 Å². The fourth-order valence-corrected chi connectivity index (χ4v) is 2.29. The van der Waals surface area contributed by atoms with Gasteiger partial charge in [-0.25, -0.2) is 0 Å². The molecule has 1 aliphatic heterocycles. The lowest BCUT2D eigenvalue weighted by atomic mass is 10.2. The first kappa shape index (κ1) is 12.8. The minimum Gasteiger partial charge on any atom is -0.594 e. The molecule has 1 N–H and O–H groups in total. The maximum atomic E-state index is 12.1. The molecule has 0 unspecified atom stereocenters. The second-order valence-corrected chi connectivity index (χ2v) is 5.19. The van der Waals surface area contributed by atoms with E-state index in [0.717, 1.165) is 22.2 Å². The fourth-order valence-electron chi connectivity index (χ4n) is 2.12. The molecule has 0 amide bonds. The molecule has 0 radical (unpaired) electrons. The molecular weight excluding hydrogens is 278 g/mol. The fraction of sp³-hybridized carbons (Fsp3) is 0.231. The van der Waals surface area contributed by atoms with Crippen LogP contribution in [0.1, 0.15) is 17.0 Å². The van der Waals surface area contributed by atoms with Gasteiger partial charge in [-0.15, -0.1) is 5.12 Å². The predicted molar refractivity (Wildman–Crippen MR) is 77.6 cm³/mol. The molecule has 0 aliphatic carbocycles. The molecule has 1 aromatic heterocycles. The summed E-state index contributed by atoms with van der Waals surface area (Å²) in [6, 6.07) is 5.17. The molecule has 2 heterocycles. The highest BCUT2D eigenvalue weighted by Gasteiger charge is 2.17. The van der Waals surface area contributed by atoms with Gasteiger partial charge in [0.2, 0.25) is 0 Å². The van der Waals surface area contributed by atoms with Crippen LogP contribution < -0.4 is 26.1 Å². The zero-order valence-electron chi connectivity index (χ0n) is 11.4. The Morgan fingerprint density at radius 3 is 2.70 bits per heavy atom. The van der Waals surface area contributed by atoms with E-state index in [-0.39, 0.29) is 0 Å². The topological polar surface area (TPSA) is 59.2 Å². The van der Waals surface area contributed by atoms with Crippen molar-refractivity contribution in [2.75, 3.05) is 5.12 Å². The second-order valence-electron chi connectivity index (χ2n) is 4.76. The summed E-state index contributed by atoms with van der Waals surface area (Å²) >= 11 is 5.91. The average molecular weight is 292 g/mol. The first-order chi connectivity index (χ1) is 9.47. The van der Waals surface area contributed by atoms with Gasteiger partial charge in [0.15, 0.2) is 0 Å². The number of nitrogens with one attached hydrogen (secondary N) is 1. The van der Waals surface area contributed by atoms with Crippen LogP contribution in [0.4, 0.5) is 0 Å². The molecule has 2 aromatic rings. The van der Waals surface area contributed by atoms with Crippen LogP contribution in [0.2, 0.25) is 5.02 Å². The van der Waals surface area contributed by atoms with Crippen molar-refractivity contribution < 1.29 is 0 Å². The Hall–Kier alpha value is -2.21. The molecule has 1 aromatic carbocycles. The van der Waals surface area contributed by atoms with Crippen LogP contribution in [0.3, 0.4) is 0 Å².